The van der Waals surface area contributed by atoms with Crippen molar-refractivity contribution in [2.24, 2.45) is 0 Å². The van der Waals surface area contributed by atoms with Gasteiger partial charge in [0.05, 0.1) is 19.3 Å². The fraction of sp³-hybridized carbons (Fsp3) is 0.462. The summed E-state index contributed by atoms with van der Waals surface area (Å²) < 4.78 is 0. The zero-order chi connectivity index (χ0) is 14.1. The third-order valence-corrected chi connectivity index (χ3v) is 3.44. The topological polar surface area (TPSA) is 89.8 Å². The molecule has 106 valence electrons. The lowest BCUT2D eigenvalue weighted by molar-refractivity contribution is 0.0834. The summed E-state index contributed by atoms with van der Waals surface area (Å²) in [5.74, 6) is 0.425. The van der Waals surface area contributed by atoms with E-state index in [4.69, 9.17) is 15.3 Å². The summed E-state index contributed by atoms with van der Waals surface area (Å²) in [6, 6.07) is 7.10. The fourth-order valence-corrected chi connectivity index (χ4v) is 2.07. The average molecular weight is 285 g/mol. The molecule has 5 nitrogen and oxygen atoms in total. The van der Waals surface area contributed by atoms with Crippen LogP contribution >= 0.6 is 11.8 Å². The molecule has 1 aromatic rings. The summed E-state index contributed by atoms with van der Waals surface area (Å²) in [5, 5.41) is 29.2. The van der Waals surface area contributed by atoms with Gasteiger partial charge < -0.3 is 20.6 Å². The van der Waals surface area contributed by atoms with E-state index >= 15 is 0 Å². The Kier molecular flexibility index (Phi) is 7.50. The molecule has 1 aromatic carbocycles. The Hall–Kier alpha value is -1.08. The number of benzene rings is 1. The van der Waals surface area contributed by atoms with Crippen LogP contribution in [0.2, 0.25) is 0 Å². The standard InChI is InChI=1S/C13H19NO4S/c15-7-8-19-12-3-1-10(2-4-12)13(18)14-6-5-11(17)9-16/h1-4,11,15-17H,5-9H2,(H,14,18)/t11-/m0/s1. The van der Waals surface area contributed by atoms with Gasteiger partial charge in [-0.15, -0.1) is 11.8 Å². The first-order chi connectivity index (χ1) is 9.17. The Morgan fingerprint density at radius 2 is 1.95 bits per heavy atom. The normalized spacial score (nSPS) is 12.2. The van der Waals surface area contributed by atoms with Crippen molar-refractivity contribution < 1.29 is 20.1 Å². The van der Waals surface area contributed by atoms with Gasteiger partial charge in [0.15, 0.2) is 0 Å². The number of aliphatic hydroxyl groups is 3. The summed E-state index contributed by atoms with van der Waals surface area (Å²) in [7, 11) is 0. The van der Waals surface area contributed by atoms with Crippen molar-refractivity contribution in [1.82, 2.24) is 5.32 Å². The van der Waals surface area contributed by atoms with Gasteiger partial charge in [0.25, 0.3) is 5.91 Å². The Morgan fingerprint density at radius 3 is 2.53 bits per heavy atom. The summed E-state index contributed by atoms with van der Waals surface area (Å²) in [6.07, 6.45) is -0.468. The summed E-state index contributed by atoms with van der Waals surface area (Å²) in [5.41, 5.74) is 0.548. The van der Waals surface area contributed by atoms with Crippen molar-refractivity contribution in [3.63, 3.8) is 0 Å². The number of hydrogen-bond acceptors (Lipinski definition) is 5. The van der Waals surface area contributed by atoms with Gasteiger partial charge in [-0.05, 0) is 30.7 Å². The lowest BCUT2D eigenvalue weighted by Gasteiger charge is -2.08. The van der Waals surface area contributed by atoms with Crippen LogP contribution in [-0.4, -0.2) is 52.8 Å². The predicted molar refractivity (Wildman–Crippen MR) is 74.3 cm³/mol. The van der Waals surface area contributed by atoms with Crippen molar-refractivity contribution in [2.75, 3.05) is 25.5 Å². The van der Waals surface area contributed by atoms with Gasteiger partial charge in [-0.1, -0.05) is 0 Å². The second kappa shape index (κ2) is 8.92. The average Bonchev–Trinajstić information content (AvgIpc) is 2.45. The second-order valence-electron chi connectivity index (χ2n) is 3.98. The van der Waals surface area contributed by atoms with Gasteiger partial charge in [0.1, 0.15) is 0 Å². The highest BCUT2D eigenvalue weighted by molar-refractivity contribution is 7.99. The molecule has 0 aliphatic carbocycles. The number of aliphatic hydroxyl groups excluding tert-OH is 3. The Balaban J connectivity index is 2.40. The highest BCUT2D eigenvalue weighted by atomic mass is 32.2. The van der Waals surface area contributed by atoms with Crippen molar-refractivity contribution in [2.45, 2.75) is 17.4 Å². The number of carbonyl (C=O) groups excluding carboxylic acids is 1. The molecule has 0 bridgehead atoms. The number of rotatable bonds is 8. The predicted octanol–water partition coefficient (Wildman–Crippen LogP) is 0.244. The van der Waals surface area contributed by atoms with Crippen LogP contribution in [0.4, 0.5) is 0 Å². The minimum atomic E-state index is -0.794. The molecule has 0 radical (unpaired) electrons. The molecule has 0 saturated carbocycles. The van der Waals surface area contributed by atoms with Gasteiger partial charge in [-0.3, -0.25) is 4.79 Å². The number of hydrogen-bond donors (Lipinski definition) is 4. The third kappa shape index (κ3) is 6.07. The highest BCUT2D eigenvalue weighted by Crippen LogP contribution is 2.17. The highest BCUT2D eigenvalue weighted by Gasteiger charge is 2.06. The van der Waals surface area contributed by atoms with E-state index < -0.39 is 6.10 Å². The minimum absolute atomic E-state index is 0.125. The third-order valence-electron chi connectivity index (χ3n) is 2.45. The van der Waals surface area contributed by atoms with Crippen LogP contribution < -0.4 is 5.32 Å². The number of thioether (sulfide) groups is 1. The maximum Gasteiger partial charge on any atom is 0.251 e. The van der Waals surface area contributed by atoms with E-state index in [9.17, 15) is 4.79 Å². The first kappa shape index (κ1) is 16.0. The molecule has 0 aliphatic heterocycles. The molecule has 0 aliphatic rings. The van der Waals surface area contributed by atoms with E-state index in [-0.39, 0.29) is 19.1 Å². The van der Waals surface area contributed by atoms with E-state index in [1.54, 1.807) is 12.1 Å². The Bertz CT molecular complexity index is 383. The molecule has 1 amide bonds. The van der Waals surface area contributed by atoms with Crippen LogP contribution in [0.3, 0.4) is 0 Å². The van der Waals surface area contributed by atoms with Crippen molar-refractivity contribution in [3.8, 4) is 0 Å². The van der Waals surface area contributed by atoms with E-state index in [0.29, 0.717) is 24.3 Å². The monoisotopic (exact) mass is 285 g/mol. The molecule has 19 heavy (non-hydrogen) atoms. The van der Waals surface area contributed by atoms with E-state index in [0.717, 1.165) is 4.90 Å². The Morgan fingerprint density at radius 1 is 1.26 bits per heavy atom. The molecular weight excluding hydrogens is 266 g/mol. The van der Waals surface area contributed by atoms with Crippen LogP contribution in [-0.2, 0) is 0 Å². The summed E-state index contributed by atoms with van der Waals surface area (Å²) >= 11 is 1.52. The van der Waals surface area contributed by atoms with Crippen LogP contribution in [0.1, 0.15) is 16.8 Å². The maximum absolute atomic E-state index is 11.7. The zero-order valence-corrected chi connectivity index (χ0v) is 11.4. The van der Waals surface area contributed by atoms with Crippen LogP contribution in [0, 0.1) is 0 Å². The minimum Gasteiger partial charge on any atom is -0.396 e. The quantitative estimate of drug-likeness (QED) is 0.514. The SMILES string of the molecule is O=C(NCC[C@H](O)CO)c1ccc(SCCO)cc1. The lowest BCUT2D eigenvalue weighted by atomic mass is 10.2. The second-order valence-corrected chi connectivity index (χ2v) is 5.15. The molecule has 1 rings (SSSR count). The van der Waals surface area contributed by atoms with Crippen molar-refractivity contribution in [3.05, 3.63) is 29.8 Å². The van der Waals surface area contributed by atoms with Gasteiger partial charge in [0, 0.05) is 22.8 Å². The van der Waals surface area contributed by atoms with Gasteiger partial charge in [-0.2, -0.15) is 0 Å². The van der Waals surface area contributed by atoms with E-state index in [1.807, 2.05) is 12.1 Å². The smallest absolute Gasteiger partial charge is 0.251 e. The summed E-state index contributed by atoms with van der Waals surface area (Å²) in [6.45, 7) is 0.147. The molecule has 1 atom stereocenters. The molecule has 6 heteroatoms. The van der Waals surface area contributed by atoms with E-state index in [1.165, 1.54) is 11.8 Å². The molecule has 0 fully saturated rings. The largest absolute Gasteiger partial charge is 0.396 e. The molecule has 0 spiro atoms. The van der Waals surface area contributed by atoms with Crippen molar-refractivity contribution in [1.29, 1.82) is 0 Å². The molecule has 0 saturated heterocycles. The summed E-state index contributed by atoms with van der Waals surface area (Å²) in [4.78, 5) is 12.7. The molecular formula is C13H19NO4S. The van der Waals surface area contributed by atoms with Gasteiger partial charge >= 0.3 is 0 Å². The lowest BCUT2D eigenvalue weighted by Crippen LogP contribution is -2.28. The molecule has 0 aromatic heterocycles. The van der Waals surface area contributed by atoms with Gasteiger partial charge in [0.2, 0.25) is 0 Å². The van der Waals surface area contributed by atoms with Crippen LogP contribution in [0.25, 0.3) is 0 Å². The molecule has 0 heterocycles. The maximum atomic E-state index is 11.7. The van der Waals surface area contributed by atoms with E-state index in [2.05, 4.69) is 5.32 Å². The zero-order valence-electron chi connectivity index (χ0n) is 10.6. The first-order valence-electron chi connectivity index (χ1n) is 6.08. The van der Waals surface area contributed by atoms with Crippen LogP contribution in [0.5, 0.6) is 0 Å². The fourth-order valence-electron chi connectivity index (χ4n) is 1.41. The molecule has 0 unspecified atom stereocenters. The first-order valence-corrected chi connectivity index (χ1v) is 7.06. The Labute approximate surface area is 116 Å². The number of amides is 1. The molecule has 4 N–H and O–H groups in total. The van der Waals surface area contributed by atoms with Crippen LogP contribution in [0.15, 0.2) is 29.2 Å². The number of nitrogens with one attached hydrogen (secondary N) is 1. The number of carbonyl (C=O) groups is 1. The van der Waals surface area contributed by atoms with Gasteiger partial charge in [-0.25, -0.2) is 0 Å². The van der Waals surface area contributed by atoms with Crippen molar-refractivity contribution >= 4 is 17.7 Å².